The van der Waals surface area contributed by atoms with Crippen LogP contribution in [0.15, 0.2) is 47.1 Å². The van der Waals surface area contributed by atoms with Gasteiger partial charge in [-0.05, 0) is 36.4 Å². The van der Waals surface area contributed by atoms with Gasteiger partial charge in [0.2, 0.25) is 0 Å². The van der Waals surface area contributed by atoms with Gasteiger partial charge in [-0.15, -0.1) is 6.42 Å². The molecule has 0 aliphatic heterocycles. The van der Waals surface area contributed by atoms with Crippen LogP contribution in [0.5, 0.6) is 0 Å². The van der Waals surface area contributed by atoms with E-state index >= 15 is 0 Å². The number of carbonyl (C=O) groups is 3. The van der Waals surface area contributed by atoms with Crippen molar-refractivity contribution in [2.24, 2.45) is 0 Å². The summed E-state index contributed by atoms with van der Waals surface area (Å²) in [5.41, 5.74) is 0.732. The predicted octanol–water partition coefficient (Wildman–Crippen LogP) is 1.44. The molecule has 0 saturated heterocycles. The zero-order valence-corrected chi connectivity index (χ0v) is 12.6. The standard InChI is InChI=1S/C17H14N2O5/c1-2-9-18-15(20)11-24-17(22)12-5-7-13(8-6-12)19-16(21)14-4-3-10-23-14/h1,3-8,10H,9,11H2,(H,18,20)(H,19,21). The molecule has 0 aliphatic carbocycles. The summed E-state index contributed by atoms with van der Waals surface area (Å²) >= 11 is 0. The minimum Gasteiger partial charge on any atom is -0.459 e. The number of hydrogen-bond acceptors (Lipinski definition) is 5. The Morgan fingerprint density at radius 2 is 1.92 bits per heavy atom. The quantitative estimate of drug-likeness (QED) is 0.618. The van der Waals surface area contributed by atoms with E-state index in [0.717, 1.165) is 0 Å². The Morgan fingerprint density at radius 3 is 2.54 bits per heavy atom. The number of ether oxygens (including phenoxy) is 1. The number of furan rings is 1. The fourth-order valence-corrected chi connectivity index (χ4v) is 1.71. The second kappa shape index (κ2) is 8.19. The fraction of sp³-hybridized carbons (Fsp3) is 0.118. The van der Waals surface area contributed by atoms with Gasteiger partial charge in [-0.1, -0.05) is 5.92 Å². The second-order valence-corrected chi connectivity index (χ2v) is 4.57. The highest BCUT2D eigenvalue weighted by Gasteiger charge is 2.11. The number of benzene rings is 1. The number of amides is 2. The lowest BCUT2D eigenvalue weighted by Gasteiger charge is -2.06. The van der Waals surface area contributed by atoms with E-state index in [2.05, 4.69) is 16.6 Å². The Bertz CT molecular complexity index is 757. The van der Waals surface area contributed by atoms with E-state index in [9.17, 15) is 14.4 Å². The largest absolute Gasteiger partial charge is 0.459 e. The maximum absolute atomic E-state index is 11.8. The van der Waals surface area contributed by atoms with Crippen LogP contribution in [0, 0.1) is 12.3 Å². The third-order valence-electron chi connectivity index (χ3n) is 2.85. The number of carbonyl (C=O) groups excluding carboxylic acids is 3. The van der Waals surface area contributed by atoms with Gasteiger partial charge in [0.25, 0.3) is 11.8 Å². The lowest BCUT2D eigenvalue weighted by Crippen LogP contribution is -2.28. The van der Waals surface area contributed by atoms with Crippen LogP contribution in [-0.4, -0.2) is 30.9 Å². The number of rotatable bonds is 6. The van der Waals surface area contributed by atoms with E-state index in [1.165, 1.54) is 36.6 Å². The Kier molecular flexibility index (Phi) is 5.75. The molecule has 1 heterocycles. The zero-order valence-electron chi connectivity index (χ0n) is 12.6. The molecule has 2 aromatic rings. The molecule has 1 aromatic heterocycles. The molecular formula is C17H14N2O5. The molecule has 0 aliphatic rings. The molecule has 122 valence electrons. The van der Waals surface area contributed by atoms with E-state index in [4.69, 9.17) is 15.6 Å². The molecule has 0 radical (unpaired) electrons. The summed E-state index contributed by atoms with van der Waals surface area (Å²) < 4.78 is 9.82. The van der Waals surface area contributed by atoms with Crippen molar-refractivity contribution in [1.29, 1.82) is 0 Å². The van der Waals surface area contributed by atoms with Gasteiger partial charge in [0.15, 0.2) is 12.4 Å². The summed E-state index contributed by atoms with van der Waals surface area (Å²) in [4.78, 5) is 34.9. The average molecular weight is 326 g/mol. The summed E-state index contributed by atoms with van der Waals surface area (Å²) in [6.45, 7) is -0.349. The second-order valence-electron chi connectivity index (χ2n) is 4.57. The lowest BCUT2D eigenvalue weighted by molar-refractivity contribution is -0.123. The van der Waals surface area contributed by atoms with Gasteiger partial charge in [-0.3, -0.25) is 9.59 Å². The molecule has 2 rings (SSSR count). The molecule has 0 atom stereocenters. The van der Waals surface area contributed by atoms with Gasteiger partial charge in [0, 0.05) is 5.69 Å². The molecule has 0 fully saturated rings. The monoisotopic (exact) mass is 326 g/mol. The van der Waals surface area contributed by atoms with Crippen LogP contribution >= 0.6 is 0 Å². The number of nitrogens with one attached hydrogen (secondary N) is 2. The molecule has 0 saturated carbocycles. The van der Waals surface area contributed by atoms with Gasteiger partial charge in [-0.25, -0.2) is 4.79 Å². The van der Waals surface area contributed by atoms with Gasteiger partial charge in [-0.2, -0.15) is 0 Å². The van der Waals surface area contributed by atoms with Crippen molar-refractivity contribution in [1.82, 2.24) is 5.32 Å². The number of esters is 1. The SMILES string of the molecule is C#CCNC(=O)COC(=O)c1ccc(NC(=O)c2ccco2)cc1. The van der Waals surface area contributed by atoms with Crippen molar-refractivity contribution in [3.63, 3.8) is 0 Å². The van der Waals surface area contributed by atoms with Gasteiger partial charge in [0.05, 0.1) is 18.4 Å². The Morgan fingerprint density at radius 1 is 1.17 bits per heavy atom. The number of terminal acetylenes is 1. The molecule has 0 unspecified atom stereocenters. The van der Waals surface area contributed by atoms with Crippen molar-refractivity contribution in [2.75, 3.05) is 18.5 Å². The molecule has 7 heteroatoms. The highest BCUT2D eigenvalue weighted by molar-refractivity contribution is 6.02. The van der Waals surface area contributed by atoms with E-state index in [1.807, 2.05) is 0 Å². The van der Waals surface area contributed by atoms with Crippen LogP contribution in [0.25, 0.3) is 0 Å². The Labute approximate surface area is 138 Å². The summed E-state index contributed by atoms with van der Waals surface area (Å²) in [5.74, 6) is 0.871. The summed E-state index contributed by atoms with van der Waals surface area (Å²) in [7, 11) is 0. The first-order chi connectivity index (χ1) is 11.6. The topological polar surface area (TPSA) is 97.6 Å². The van der Waals surface area contributed by atoms with Crippen molar-refractivity contribution < 1.29 is 23.5 Å². The maximum atomic E-state index is 11.8. The molecule has 1 aromatic carbocycles. The number of hydrogen-bond donors (Lipinski definition) is 2. The van der Waals surface area contributed by atoms with E-state index in [-0.39, 0.29) is 17.9 Å². The van der Waals surface area contributed by atoms with E-state index < -0.39 is 24.4 Å². The van der Waals surface area contributed by atoms with E-state index in [0.29, 0.717) is 5.69 Å². The maximum Gasteiger partial charge on any atom is 0.338 e. The van der Waals surface area contributed by atoms with Crippen LogP contribution in [-0.2, 0) is 9.53 Å². The Hall–Kier alpha value is -3.53. The smallest absolute Gasteiger partial charge is 0.338 e. The normalized spacial score (nSPS) is 9.62. The third-order valence-corrected chi connectivity index (χ3v) is 2.85. The Balaban J connectivity index is 1.87. The van der Waals surface area contributed by atoms with Gasteiger partial charge in [0.1, 0.15) is 0 Å². The predicted molar refractivity (Wildman–Crippen MR) is 85.2 cm³/mol. The third kappa shape index (κ3) is 4.74. The first-order valence-corrected chi connectivity index (χ1v) is 6.92. The molecule has 0 spiro atoms. The molecular weight excluding hydrogens is 312 g/mol. The van der Waals surface area contributed by atoms with Crippen molar-refractivity contribution in [3.8, 4) is 12.3 Å². The van der Waals surface area contributed by atoms with Gasteiger partial charge < -0.3 is 19.8 Å². The molecule has 2 N–H and O–H groups in total. The number of anilines is 1. The van der Waals surface area contributed by atoms with Crippen LogP contribution in [0.4, 0.5) is 5.69 Å². The minimum atomic E-state index is -0.658. The summed E-state index contributed by atoms with van der Waals surface area (Å²) in [5, 5.41) is 4.99. The van der Waals surface area contributed by atoms with Crippen molar-refractivity contribution in [2.45, 2.75) is 0 Å². The van der Waals surface area contributed by atoms with Crippen LogP contribution < -0.4 is 10.6 Å². The molecule has 2 amide bonds. The molecule has 24 heavy (non-hydrogen) atoms. The van der Waals surface area contributed by atoms with E-state index in [1.54, 1.807) is 6.07 Å². The summed E-state index contributed by atoms with van der Waals surface area (Å²) in [6.07, 6.45) is 6.39. The average Bonchev–Trinajstić information content (AvgIpc) is 3.13. The molecule has 0 bridgehead atoms. The minimum absolute atomic E-state index is 0.0699. The van der Waals surface area contributed by atoms with Crippen LogP contribution in [0.1, 0.15) is 20.9 Å². The first-order valence-electron chi connectivity index (χ1n) is 6.92. The highest BCUT2D eigenvalue weighted by atomic mass is 16.5. The summed E-state index contributed by atoms with van der Waals surface area (Å²) in [6, 6.07) is 9.16. The molecule has 7 nitrogen and oxygen atoms in total. The fourth-order valence-electron chi connectivity index (χ4n) is 1.71. The first kappa shape index (κ1) is 16.8. The van der Waals surface area contributed by atoms with Gasteiger partial charge >= 0.3 is 5.97 Å². The van der Waals surface area contributed by atoms with Crippen molar-refractivity contribution in [3.05, 3.63) is 54.0 Å². The van der Waals surface area contributed by atoms with Crippen LogP contribution in [0.3, 0.4) is 0 Å². The van der Waals surface area contributed by atoms with Crippen molar-refractivity contribution >= 4 is 23.5 Å². The lowest BCUT2D eigenvalue weighted by atomic mass is 10.2. The van der Waals surface area contributed by atoms with Crippen LogP contribution in [0.2, 0.25) is 0 Å². The zero-order chi connectivity index (χ0) is 17.4. The highest BCUT2D eigenvalue weighted by Crippen LogP contribution is 2.12.